The summed E-state index contributed by atoms with van der Waals surface area (Å²) < 4.78 is 4.11. The lowest BCUT2D eigenvalue weighted by atomic mass is 9.44. The quantitative estimate of drug-likeness (QED) is 0.163. The van der Waals surface area contributed by atoms with Crippen LogP contribution < -0.4 is 20.7 Å². The van der Waals surface area contributed by atoms with E-state index in [1.165, 1.54) is 116 Å². The molecule has 14 rings (SSSR count). The lowest BCUT2D eigenvalue weighted by Crippen LogP contribution is -2.57. The monoisotopic (exact) mass is 881 g/mol. The van der Waals surface area contributed by atoms with Gasteiger partial charge in [-0.15, -0.1) is 11.3 Å². The first kappa shape index (κ1) is 39.4. The Morgan fingerprint density at radius 2 is 1.18 bits per heavy atom. The Balaban J connectivity index is 1.18. The summed E-state index contributed by atoms with van der Waals surface area (Å²) in [6, 6.07) is 62.5. The first-order valence-corrected chi connectivity index (χ1v) is 25.0. The van der Waals surface area contributed by atoms with Gasteiger partial charge in [0.2, 0.25) is 0 Å². The average molecular weight is 882 g/mol. The zero-order chi connectivity index (χ0) is 45.3. The molecule has 0 bridgehead atoms. The Morgan fingerprint density at radius 3 is 1.93 bits per heavy atom. The summed E-state index contributed by atoms with van der Waals surface area (Å²) in [6.45, 7) is 17.1. The maximum absolute atomic E-state index is 2.77. The Kier molecular flexibility index (Phi) is 7.88. The Hall–Kier alpha value is -6.82. The predicted molar refractivity (Wildman–Crippen MR) is 288 cm³/mol. The number of para-hydroxylation sites is 3. The fourth-order valence-corrected chi connectivity index (χ4v) is 14.4. The zero-order valence-corrected chi connectivity index (χ0v) is 40.1. The largest absolute Gasteiger partial charge is 0.367 e. The van der Waals surface area contributed by atoms with Crippen LogP contribution in [0.15, 0.2) is 164 Å². The standard InChI is InChI=1S/C62H52BN3S/c1-37-33-48-49(61(4,5)32-31-60(48,2)3)36-51(37)65-52-35-40(64(38-19-10-8-11-20-38)39-21-12-9-13-22-39)34-46-43-25-18-26-45-54-44-24-15-17-28-53(44)67-59(54)66(57(43)45)63(56(46)52)50-30-29-42-41-23-14-16-27-47(41)62(6,7)55(42)58(50)65/h8-30,33-36H,31-32H2,1-7H3. The van der Waals surface area contributed by atoms with Gasteiger partial charge in [0.1, 0.15) is 0 Å². The van der Waals surface area contributed by atoms with Crippen LogP contribution in [-0.4, -0.2) is 11.3 Å². The first-order valence-electron chi connectivity index (χ1n) is 24.2. The summed E-state index contributed by atoms with van der Waals surface area (Å²) in [5.41, 5.74) is 23.6. The molecule has 67 heavy (non-hydrogen) atoms. The number of aromatic nitrogens is 1. The van der Waals surface area contributed by atoms with E-state index in [9.17, 15) is 0 Å². The Morgan fingerprint density at radius 1 is 0.537 bits per heavy atom. The first-order chi connectivity index (χ1) is 32.4. The Bertz CT molecular complexity index is 3720. The van der Waals surface area contributed by atoms with E-state index >= 15 is 0 Å². The highest BCUT2D eigenvalue weighted by molar-refractivity contribution is 7.26. The molecule has 0 amide bonds. The molecular weight excluding hydrogens is 830 g/mol. The van der Waals surface area contributed by atoms with Crippen molar-refractivity contribution in [2.24, 2.45) is 0 Å². The highest BCUT2D eigenvalue weighted by atomic mass is 32.1. The fourth-order valence-electron chi connectivity index (χ4n) is 13.2. The molecule has 10 aromatic rings. The molecule has 2 aliphatic carbocycles. The summed E-state index contributed by atoms with van der Waals surface area (Å²) in [5, 5.41) is 4.04. The fraction of sp³-hybridized carbons (Fsp3) is 0.194. The van der Waals surface area contributed by atoms with Gasteiger partial charge in [0.15, 0.2) is 0 Å². The van der Waals surface area contributed by atoms with Crippen molar-refractivity contribution in [1.29, 1.82) is 0 Å². The van der Waals surface area contributed by atoms with Crippen molar-refractivity contribution >= 4 is 94.4 Å². The van der Waals surface area contributed by atoms with Gasteiger partial charge in [-0.25, -0.2) is 0 Å². The highest BCUT2D eigenvalue weighted by Crippen LogP contribution is 2.58. The second-order valence-corrected chi connectivity index (χ2v) is 22.6. The molecule has 5 heteroatoms. The summed E-state index contributed by atoms with van der Waals surface area (Å²) in [6.07, 6.45) is 2.34. The van der Waals surface area contributed by atoms with Gasteiger partial charge in [-0.1, -0.05) is 157 Å². The third kappa shape index (κ3) is 5.19. The van der Waals surface area contributed by atoms with Gasteiger partial charge >= 0.3 is 6.85 Å². The lowest BCUT2D eigenvalue weighted by molar-refractivity contribution is 0.332. The molecule has 4 aliphatic rings. The van der Waals surface area contributed by atoms with Gasteiger partial charge in [0.25, 0.3) is 0 Å². The topological polar surface area (TPSA) is 11.4 Å². The van der Waals surface area contributed by atoms with E-state index in [1.807, 2.05) is 11.3 Å². The van der Waals surface area contributed by atoms with Crippen molar-refractivity contribution in [3.8, 4) is 22.3 Å². The molecule has 0 unspecified atom stereocenters. The van der Waals surface area contributed by atoms with Crippen molar-refractivity contribution in [3.05, 3.63) is 192 Å². The lowest BCUT2D eigenvalue weighted by Gasteiger charge is -2.46. The third-order valence-corrected chi connectivity index (χ3v) is 17.7. The number of nitrogens with zero attached hydrogens (tertiary/aromatic N) is 3. The van der Waals surface area contributed by atoms with Gasteiger partial charge in [-0.05, 0) is 135 Å². The number of aryl methyl sites for hydroxylation is 1. The van der Waals surface area contributed by atoms with Crippen LogP contribution in [0.1, 0.15) is 82.2 Å². The molecule has 4 heterocycles. The molecule has 0 N–H and O–H groups in total. The zero-order valence-electron chi connectivity index (χ0n) is 39.3. The maximum Gasteiger partial charge on any atom is 0.333 e. The molecule has 324 valence electrons. The molecule has 2 aliphatic heterocycles. The summed E-state index contributed by atoms with van der Waals surface area (Å²) in [4.78, 5) is 6.58. The van der Waals surface area contributed by atoms with Crippen molar-refractivity contribution in [2.75, 3.05) is 9.80 Å². The van der Waals surface area contributed by atoms with Crippen LogP contribution in [0.25, 0.3) is 53.5 Å². The van der Waals surface area contributed by atoms with Crippen LogP contribution in [0.2, 0.25) is 0 Å². The third-order valence-electron chi connectivity index (χ3n) is 16.5. The summed E-state index contributed by atoms with van der Waals surface area (Å²) in [5.74, 6) is 0. The molecule has 3 nitrogen and oxygen atoms in total. The van der Waals surface area contributed by atoms with E-state index < -0.39 is 0 Å². The van der Waals surface area contributed by atoms with Gasteiger partial charge in [-0.3, -0.25) is 0 Å². The molecule has 0 fully saturated rings. The van der Waals surface area contributed by atoms with Gasteiger partial charge in [0.05, 0.1) is 4.83 Å². The number of benzene rings is 8. The minimum absolute atomic E-state index is 0.0315. The second kappa shape index (κ2) is 13.4. The Labute approximate surface area is 398 Å². The smallest absolute Gasteiger partial charge is 0.333 e. The molecule has 2 aromatic heterocycles. The SMILES string of the molecule is Cc1cc2c(cc1N1c3cc(N(c4ccccc4)c4ccccc4)cc4c3B(c3ccc5c(c31)C(C)(C)c1ccccc1-5)n1c3sc5ccccc5c3c3cccc-4c31)C(C)(C)CCC2(C)C. The minimum Gasteiger partial charge on any atom is -0.367 e. The highest BCUT2D eigenvalue weighted by Gasteiger charge is 2.49. The van der Waals surface area contributed by atoms with Crippen LogP contribution in [0.5, 0.6) is 0 Å². The van der Waals surface area contributed by atoms with Crippen LogP contribution in [0.4, 0.5) is 34.1 Å². The number of hydrogen-bond donors (Lipinski definition) is 0. The minimum atomic E-state index is -0.261. The predicted octanol–water partition coefficient (Wildman–Crippen LogP) is 15.9. The number of rotatable bonds is 4. The van der Waals surface area contributed by atoms with Crippen LogP contribution >= 0.6 is 11.3 Å². The van der Waals surface area contributed by atoms with Gasteiger partial charge < -0.3 is 14.3 Å². The van der Waals surface area contributed by atoms with Gasteiger partial charge in [0, 0.05) is 71.5 Å². The molecular formula is C62H52BN3S. The van der Waals surface area contributed by atoms with Crippen molar-refractivity contribution in [3.63, 3.8) is 0 Å². The van der Waals surface area contributed by atoms with E-state index in [2.05, 4.69) is 227 Å². The van der Waals surface area contributed by atoms with E-state index in [0.717, 1.165) is 23.5 Å². The number of anilines is 6. The van der Waals surface area contributed by atoms with Gasteiger partial charge in [-0.2, -0.15) is 0 Å². The molecule has 0 saturated heterocycles. The van der Waals surface area contributed by atoms with Crippen molar-refractivity contribution in [1.82, 2.24) is 4.48 Å². The number of thiophene rings is 1. The maximum atomic E-state index is 2.77. The summed E-state index contributed by atoms with van der Waals surface area (Å²) >= 11 is 1.95. The average Bonchev–Trinajstić information content (AvgIpc) is 3.95. The molecule has 0 saturated carbocycles. The van der Waals surface area contributed by atoms with E-state index in [4.69, 9.17) is 0 Å². The normalized spacial score (nSPS) is 16.5. The molecule has 0 spiro atoms. The van der Waals surface area contributed by atoms with E-state index in [-0.39, 0.29) is 23.1 Å². The molecule has 8 aromatic carbocycles. The number of hydrogen-bond acceptors (Lipinski definition) is 3. The van der Waals surface area contributed by atoms with Crippen LogP contribution in [0, 0.1) is 6.92 Å². The number of fused-ring (bicyclic) bond motifs is 14. The molecule has 0 radical (unpaired) electrons. The van der Waals surface area contributed by atoms with E-state index in [1.54, 1.807) is 0 Å². The second-order valence-electron chi connectivity index (χ2n) is 21.6. The van der Waals surface area contributed by atoms with Crippen molar-refractivity contribution in [2.45, 2.75) is 77.6 Å². The van der Waals surface area contributed by atoms with E-state index in [0.29, 0.717) is 0 Å². The van der Waals surface area contributed by atoms with Crippen LogP contribution in [-0.2, 0) is 16.2 Å². The van der Waals surface area contributed by atoms with Crippen LogP contribution in [0.3, 0.4) is 0 Å². The molecule has 0 atom stereocenters. The van der Waals surface area contributed by atoms with Crippen molar-refractivity contribution < 1.29 is 0 Å². The summed E-state index contributed by atoms with van der Waals surface area (Å²) in [7, 11) is 0.